The molecule has 0 atom stereocenters. The van der Waals surface area contributed by atoms with Crippen molar-refractivity contribution in [3.8, 4) is 0 Å². The highest BCUT2D eigenvalue weighted by atomic mass is 32.1. The number of rotatable bonds is 3. The zero-order valence-corrected chi connectivity index (χ0v) is 12.9. The van der Waals surface area contributed by atoms with Crippen molar-refractivity contribution in [2.45, 2.75) is 39.2 Å². The summed E-state index contributed by atoms with van der Waals surface area (Å²) in [7, 11) is 0. The predicted molar refractivity (Wildman–Crippen MR) is 85.3 cm³/mol. The molecule has 0 aromatic carbocycles. The first kappa shape index (κ1) is 12.8. The number of nitrogens with one attached hydrogen (secondary N) is 1. The number of anilines is 2. The van der Waals surface area contributed by atoms with Crippen molar-refractivity contribution in [3.05, 3.63) is 29.2 Å². The molecule has 0 amide bonds. The van der Waals surface area contributed by atoms with Crippen molar-refractivity contribution < 1.29 is 0 Å². The van der Waals surface area contributed by atoms with Crippen LogP contribution >= 0.6 is 11.3 Å². The van der Waals surface area contributed by atoms with Gasteiger partial charge in [0.05, 0.1) is 17.3 Å². The quantitative estimate of drug-likeness (QED) is 0.801. The number of aromatic nitrogens is 4. The Kier molecular flexibility index (Phi) is 2.92. The first-order valence-electron chi connectivity index (χ1n) is 7.29. The van der Waals surface area contributed by atoms with E-state index in [4.69, 9.17) is 0 Å². The molecule has 5 nitrogen and oxygen atoms in total. The lowest BCUT2D eigenvalue weighted by Crippen LogP contribution is -2.00. The fraction of sp³-hybridized carbons (Fsp3) is 0.400. The molecule has 6 heteroatoms. The van der Waals surface area contributed by atoms with E-state index >= 15 is 0 Å². The maximum Gasteiger partial charge on any atom is 0.142 e. The van der Waals surface area contributed by atoms with Gasteiger partial charge in [0.2, 0.25) is 0 Å². The fourth-order valence-corrected chi connectivity index (χ4v) is 4.07. The third-order valence-electron chi connectivity index (χ3n) is 3.89. The highest BCUT2D eigenvalue weighted by Crippen LogP contribution is 2.39. The number of thiophene rings is 1. The summed E-state index contributed by atoms with van der Waals surface area (Å²) in [5.74, 6) is 0.905. The molecule has 0 spiro atoms. The smallest absolute Gasteiger partial charge is 0.142 e. The van der Waals surface area contributed by atoms with E-state index in [2.05, 4.69) is 34.2 Å². The lowest BCUT2D eigenvalue weighted by molar-refractivity contribution is 0.532. The molecule has 0 radical (unpaired) electrons. The lowest BCUT2D eigenvalue weighted by Gasteiger charge is -2.06. The molecule has 1 aliphatic carbocycles. The largest absolute Gasteiger partial charge is 0.337 e. The van der Waals surface area contributed by atoms with Gasteiger partial charge in [0, 0.05) is 17.1 Å². The third-order valence-corrected chi connectivity index (χ3v) is 5.09. The Balaban J connectivity index is 1.76. The van der Waals surface area contributed by atoms with Gasteiger partial charge in [-0.3, -0.25) is 4.68 Å². The van der Waals surface area contributed by atoms with Crippen LogP contribution in [-0.4, -0.2) is 19.7 Å². The SMILES string of the molecule is CC(C)n1cc(Nc2ncnc3sc4c(c23)CCC4)cn1. The van der Waals surface area contributed by atoms with E-state index in [1.54, 1.807) is 6.33 Å². The number of fused-ring (bicyclic) bond motifs is 3. The van der Waals surface area contributed by atoms with Crippen LogP contribution < -0.4 is 5.32 Å². The van der Waals surface area contributed by atoms with Gasteiger partial charge in [-0.15, -0.1) is 11.3 Å². The number of aryl methyl sites for hydroxylation is 2. The molecule has 1 N–H and O–H groups in total. The van der Waals surface area contributed by atoms with Crippen molar-refractivity contribution >= 4 is 33.1 Å². The zero-order chi connectivity index (χ0) is 14.4. The molecule has 3 heterocycles. The summed E-state index contributed by atoms with van der Waals surface area (Å²) < 4.78 is 1.94. The van der Waals surface area contributed by atoms with Crippen LogP contribution in [0.15, 0.2) is 18.7 Å². The molecule has 0 saturated heterocycles. The van der Waals surface area contributed by atoms with Gasteiger partial charge in [-0.1, -0.05) is 0 Å². The average molecular weight is 299 g/mol. The van der Waals surface area contributed by atoms with Crippen LogP contribution in [0.5, 0.6) is 0 Å². The molecule has 3 aromatic heterocycles. The monoisotopic (exact) mass is 299 g/mol. The average Bonchev–Trinajstić information content (AvgIpc) is 3.12. The summed E-state index contributed by atoms with van der Waals surface area (Å²) >= 11 is 1.81. The van der Waals surface area contributed by atoms with Gasteiger partial charge in [0.15, 0.2) is 0 Å². The molecule has 0 bridgehead atoms. The van der Waals surface area contributed by atoms with Gasteiger partial charge in [-0.05, 0) is 38.7 Å². The summed E-state index contributed by atoms with van der Waals surface area (Å²) in [6, 6.07) is 0.358. The van der Waals surface area contributed by atoms with Crippen LogP contribution in [0, 0.1) is 0 Å². The van der Waals surface area contributed by atoms with Crippen molar-refractivity contribution in [2.24, 2.45) is 0 Å². The molecule has 3 aromatic rings. The number of hydrogen-bond donors (Lipinski definition) is 1. The standard InChI is InChI=1S/C15H17N5S/c1-9(2)20-7-10(6-18-20)19-14-13-11-4-3-5-12(11)21-15(13)17-8-16-14/h6-9H,3-5H2,1-2H3,(H,16,17,19). The Morgan fingerprint density at radius 3 is 3.00 bits per heavy atom. The van der Waals surface area contributed by atoms with Crippen LogP contribution in [0.25, 0.3) is 10.2 Å². The van der Waals surface area contributed by atoms with Crippen molar-refractivity contribution in [3.63, 3.8) is 0 Å². The number of nitrogens with zero attached hydrogens (tertiary/aromatic N) is 4. The Bertz CT molecular complexity index is 802. The van der Waals surface area contributed by atoms with E-state index in [1.807, 2.05) is 28.4 Å². The van der Waals surface area contributed by atoms with Gasteiger partial charge in [-0.2, -0.15) is 5.10 Å². The van der Waals surface area contributed by atoms with Crippen molar-refractivity contribution in [1.82, 2.24) is 19.7 Å². The third kappa shape index (κ3) is 2.10. The normalized spacial score (nSPS) is 14.0. The van der Waals surface area contributed by atoms with E-state index in [0.717, 1.165) is 22.8 Å². The molecular weight excluding hydrogens is 282 g/mol. The fourth-order valence-electron chi connectivity index (χ4n) is 2.85. The predicted octanol–water partition coefficient (Wildman–Crippen LogP) is 3.70. The second-order valence-corrected chi connectivity index (χ2v) is 6.77. The van der Waals surface area contributed by atoms with Gasteiger partial charge >= 0.3 is 0 Å². The molecule has 0 fully saturated rings. The van der Waals surface area contributed by atoms with E-state index in [-0.39, 0.29) is 0 Å². The van der Waals surface area contributed by atoms with Crippen LogP contribution in [0.2, 0.25) is 0 Å². The Hall–Kier alpha value is -1.95. The van der Waals surface area contributed by atoms with E-state index in [9.17, 15) is 0 Å². The molecule has 0 unspecified atom stereocenters. The molecular formula is C15H17N5S. The van der Waals surface area contributed by atoms with E-state index < -0.39 is 0 Å². The van der Waals surface area contributed by atoms with Gasteiger partial charge in [-0.25, -0.2) is 9.97 Å². The minimum Gasteiger partial charge on any atom is -0.337 e. The molecule has 108 valence electrons. The summed E-state index contributed by atoms with van der Waals surface area (Å²) in [6.07, 6.45) is 9.08. The van der Waals surface area contributed by atoms with Crippen LogP contribution in [0.1, 0.15) is 36.8 Å². The van der Waals surface area contributed by atoms with Crippen molar-refractivity contribution in [2.75, 3.05) is 5.32 Å². The lowest BCUT2D eigenvalue weighted by atomic mass is 10.2. The summed E-state index contributed by atoms with van der Waals surface area (Å²) in [5.41, 5.74) is 2.41. The Labute approximate surface area is 127 Å². The number of hydrogen-bond acceptors (Lipinski definition) is 5. The Morgan fingerprint density at radius 1 is 1.29 bits per heavy atom. The first-order chi connectivity index (χ1) is 10.2. The van der Waals surface area contributed by atoms with Crippen molar-refractivity contribution in [1.29, 1.82) is 0 Å². The van der Waals surface area contributed by atoms with Gasteiger partial charge in [0.25, 0.3) is 0 Å². The maximum atomic E-state index is 4.45. The van der Waals surface area contributed by atoms with Crippen LogP contribution in [0.3, 0.4) is 0 Å². The first-order valence-corrected chi connectivity index (χ1v) is 8.10. The topological polar surface area (TPSA) is 55.6 Å². The van der Waals surface area contributed by atoms with E-state index in [0.29, 0.717) is 6.04 Å². The van der Waals surface area contributed by atoms with E-state index in [1.165, 1.54) is 28.7 Å². The minimum absolute atomic E-state index is 0.358. The summed E-state index contributed by atoms with van der Waals surface area (Å²) in [6.45, 7) is 4.23. The van der Waals surface area contributed by atoms with Crippen LogP contribution in [0.4, 0.5) is 11.5 Å². The summed E-state index contributed by atoms with van der Waals surface area (Å²) in [5, 5.41) is 8.98. The van der Waals surface area contributed by atoms with Gasteiger partial charge < -0.3 is 5.32 Å². The second-order valence-electron chi connectivity index (χ2n) is 5.69. The summed E-state index contributed by atoms with van der Waals surface area (Å²) in [4.78, 5) is 11.4. The minimum atomic E-state index is 0.358. The molecule has 21 heavy (non-hydrogen) atoms. The molecule has 0 saturated carbocycles. The second kappa shape index (κ2) is 4.80. The molecule has 4 rings (SSSR count). The molecule has 1 aliphatic rings. The highest BCUT2D eigenvalue weighted by molar-refractivity contribution is 7.19. The molecule has 0 aliphatic heterocycles. The zero-order valence-electron chi connectivity index (χ0n) is 12.1. The highest BCUT2D eigenvalue weighted by Gasteiger charge is 2.21. The van der Waals surface area contributed by atoms with Gasteiger partial charge in [0.1, 0.15) is 17.0 Å². The Morgan fingerprint density at radius 2 is 2.19 bits per heavy atom. The maximum absolute atomic E-state index is 4.45. The van der Waals surface area contributed by atoms with Crippen LogP contribution in [-0.2, 0) is 12.8 Å².